The van der Waals surface area contributed by atoms with E-state index in [1.54, 1.807) is 0 Å². The molecule has 1 aliphatic heterocycles. The van der Waals surface area contributed by atoms with Gasteiger partial charge < -0.3 is 19.9 Å². The van der Waals surface area contributed by atoms with Crippen LogP contribution < -0.4 is 15.0 Å². The number of carbonyl (C=O) groups excluding carboxylic acids is 1. The van der Waals surface area contributed by atoms with E-state index < -0.39 is 0 Å². The van der Waals surface area contributed by atoms with Crippen LogP contribution in [0.4, 0.5) is 10.5 Å². The van der Waals surface area contributed by atoms with Crippen LogP contribution in [0.2, 0.25) is 0 Å². The van der Waals surface area contributed by atoms with Crippen LogP contribution in [-0.2, 0) is 5.41 Å². The topological polar surface area (TPSA) is 44.8 Å². The molecule has 0 saturated carbocycles. The lowest BCUT2D eigenvalue weighted by atomic mass is 9.87. The number of benzene rings is 2. The van der Waals surface area contributed by atoms with Gasteiger partial charge in [-0.2, -0.15) is 0 Å². The molecule has 1 fully saturated rings. The number of urea groups is 1. The van der Waals surface area contributed by atoms with Crippen LogP contribution in [0.3, 0.4) is 0 Å². The van der Waals surface area contributed by atoms with Gasteiger partial charge in [0, 0.05) is 38.4 Å². The minimum absolute atomic E-state index is 0.0217. The highest BCUT2D eigenvalue weighted by atomic mass is 16.5. The molecule has 0 unspecified atom stereocenters. The zero-order valence-electron chi connectivity index (χ0n) is 18.8. The van der Waals surface area contributed by atoms with Crippen molar-refractivity contribution in [2.45, 2.75) is 39.5 Å². The van der Waals surface area contributed by atoms with E-state index in [0.29, 0.717) is 13.2 Å². The minimum atomic E-state index is 0.0217. The number of piperazine rings is 1. The van der Waals surface area contributed by atoms with Gasteiger partial charge in [-0.1, -0.05) is 45.0 Å². The zero-order chi connectivity index (χ0) is 21.6. The third kappa shape index (κ3) is 6.15. The van der Waals surface area contributed by atoms with Crippen molar-refractivity contribution in [2.24, 2.45) is 0 Å². The number of hydrogen-bond donors (Lipinski definition) is 1. The smallest absolute Gasteiger partial charge is 0.317 e. The van der Waals surface area contributed by atoms with E-state index in [0.717, 1.165) is 38.3 Å². The van der Waals surface area contributed by atoms with Gasteiger partial charge in [0.05, 0.1) is 6.61 Å². The van der Waals surface area contributed by atoms with Gasteiger partial charge in [0.1, 0.15) is 5.75 Å². The molecule has 0 radical (unpaired) electrons. The zero-order valence-corrected chi connectivity index (χ0v) is 18.8. The van der Waals surface area contributed by atoms with Gasteiger partial charge in [-0.15, -0.1) is 0 Å². The number of nitrogens with zero attached hydrogens (tertiary/aromatic N) is 2. The Morgan fingerprint density at radius 1 is 1.03 bits per heavy atom. The van der Waals surface area contributed by atoms with Gasteiger partial charge in [-0.25, -0.2) is 4.79 Å². The number of ether oxygens (including phenoxy) is 1. The van der Waals surface area contributed by atoms with Crippen molar-refractivity contribution >= 4 is 11.7 Å². The van der Waals surface area contributed by atoms with Crippen LogP contribution in [-0.4, -0.2) is 50.3 Å². The molecule has 2 aromatic rings. The van der Waals surface area contributed by atoms with E-state index in [2.05, 4.69) is 74.3 Å². The lowest BCUT2D eigenvalue weighted by Gasteiger charge is -2.36. The van der Waals surface area contributed by atoms with Crippen molar-refractivity contribution in [3.63, 3.8) is 0 Å². The third-order valence-corrected chi connectivity index (χ3v) is 5.52. The molecule has 3 rings (SSSR count). The van der Waals surface area contributed by atoms with Crippen molar-refractivity contribution in [3.05, 3.63) is 59.7 Å². The van der Waals surface area contributed by atoms with E-state index in [9.17, 15) is 4.79 Å². The Hall–Kier alpha value is -2.69. The van der Waals surface area contributed by atoms with Crippen LogP contribution >= 0.6 is 0 Å². The van der Waals surface area contributed by atoms with E-state index in [-0.39, 0.29) is 11.4 Å². The lowest BCUT2D eigenvalue weighted by molar-refractivity contribution is 0.193. The molecule has 1 N–H and O–H groups in total. The molecular weight excluding hydrogens is 374 g/mol. The summed E-state index contributed by atoms with van der Waals surface area (Å²) in [6.45, 7) is 13.2. The SMILES string of the molecule is Cc1cccc(N2CCN(C(=O)NCCCOc3ccc(C(C)(C)C)cc3)CC2)c1. The number of hydrogen-bond acceptors (Lipinski definition) is 3. The molecule has 162 valence electrons. The highest BCUT2D eigenvalue weighted by molar-refractivity contribution is 5.74. The fourth-order valence-corrected chi connectivity index (χ4v) is 3.61. The summed E-state index contributed by atoms with van der Waals surface area (Å²) in [7, 11) is 0. The molecule has 2 amide bonds. The maximum Gasteiger partial charge on any atom is 0.317 e. The molecule has 0 aromatic heterocycles. The van der Waals surface area contributed by atoms with E-state index in [4.69, 9.17) is 4.74 Å². The number of rotatable bonds is 6. The molecule has 0 spiro atoms. The molecule has 2 aromatic carbocycles. The standard InChI is InChI=1S/C25H35N3O2/c1-20-7-5-8-22(19-20)27-14-16-28(17-15-27)24(29)26-13-6-18-30-23-11-9-21(10-12-23)25(2,3)4/h5,7-12,19H,6,13-18H2,1-4H3,(H,26,29). The first-order valence-electron chi connectivity index (χ1n) is 10.9. The van der Waals surface area contributed by atoms with Gasteiger partial charge >= 0.3 is 6.03 Å². The Bertz CT molecular complexity index is 819. The lowest BCUT2D eigenvalue weighted by Crippen LogP contribution is -2.52. The van der Waals surface area contributed by atoms with Crippen molar-refractivity contribution in [3.8, 4) is 5.75 Å². The first-order chi connectivity index (χ1) is 14.3. The summed E-state index contributed by atoms with van der Waals surface area (Å²) in [6, 6.07) is 16.8. The quantitative estimate of drug-likeness (QED) is 0.710. The van der Waals surface area contributed by atoms with Crippen LogP contribution in [0.25, 0.3) is 0 Å². The van der Waals surface area contributed by atoms with Crippen LogP contribution in [0.1, 0.15) is 38.3 Å². The van der Waals surface area contributed by atoms with Crippen LogP contribution in [0.15, 0.2) is 48.5 Å². The summed E-state index contributed by atoms with van der Waals surface area (Å²) < 4.78 is 5.80. The van der Waals surface area contributed by atoms with E-state index in [1.807, 2.05) is 17.0 Å². The average molecular weight is 410 g/mol. The highest BCUT2D eigenvalue weighted by Gasteiger charge is 2.21. The third-order valence-electron chi connectivity index (χ3n) is 5.52. The van der Waals surface area contributed by atoms with Gasteiger partial charge in [0.2, 0.25) is 0 Å². The van der Waals surface area contributed by atoms with Crippen molar-refractivity contribution in [1.82, 2.24) is 10.2 Å². The van der Waals surface area contributed by atoms with Gasteiger partial charge in [-0.05, 0) is 54.2 Å². The summed E-state index contributed by atoms with van der Waals surface area (Å²) >= 11 is 0. The summed E-state index contributed by atoms with van der Waals surface area (Å²) in [5, 5.41) is 3.02. The predicted molar refractivity (Wildman–Crippen MR) is 124 cm³/mol. The highest BCUT2D eigenvalue weighted by Crippen LogP contribution is 2.24. The number of nitrogens with one attached hydrogen (secondary N) is 1. The second-order valence-corrected chi connectivity index (χ2v) is 9.02. The molecule has 1 aliphatic rings. The second-order valence-electron chi connectivity index (χ2n) is 9.02. The maximum atomic E-state index is 12.4. The number of anilines is 1. The Morgan fingerprint density at radius 2 is 1.73 bits per heavy atom. The van der Waals surface area contributed by atoms with Gasteiger partial charge in [0.15, 0.2) is 0 Å². The monoisotopic (exact) mass is 409 g/mol. The van der Waals surface area contributed by atoms with Crippen LogP contribution in [0.5, 0.6) is 5.75 Å². The second kappa shape index (κ2) is 9.88. The molecule has 0 atom stereocenters. The Morgan fingerprint density at radius 3 is 2.37 bits per heavy atom. The summed E-state index contributed by atoms with van der Waals surface area (Å²) in [5.74, 6) is 0.876. The first-order valence-corrected chi connectivity index (χ1v) is 10.9. The molecule has 0 aliphatic carbocycles. The summed E-state index contributed by atoms with van der Waals surface area (Å²) in [4.78, 5) is 16.7. The van der Waals surface area contributed by atoms with Gasteiger partial charge in [0.25, 0.3) is 0 Å². The Labute approximate surface area is 181 Å². The minimum Gasteiger partial charge on any atom is -0.494 e. The normalized spacial score (nSPS) is 14.5. The fourth-order valence-electron chi connectivity index (χ4n) is 3.61. The summed E-state index contributed by atoms with van der Waals surface area (Å²) in [5.41, 5.74) is 3.95. The number of carbonyl (C=O) groups is 1. The predicted octanol–water partition coefficient (Wildman–Crippen LogP) is 4.59. The van der Waals surface area contributed by atoms with Gasteiger partial charge in [-0.3, -0.25) is 0 Å². The molecular formula is C25H35N3O2. The fraction of sp³-hybridized carbons (Fsp3) is 0.480. The molecule has 0 bridgehead atoms. The molecule has 1 heterocycles. The number of aryl methyl sites for hydroxylation is 1. The van der Waals surface area contributed by atoms with E-state index >= 15 is 0 Å². The van der Waals surface area contributed by atoms with E-state index in [1.165, 1.54) is 16.8 Å². The molecule has 5 nitrogen and oxygen atoms in total. The first kappa shape index (κ1) is 22.0. The summed E-state index contributed by atoms with van der Waals surface area (Å²) in [6.07, 6.45) is 0.788. The average Bonchev–Trinajstić information content (AvgIpc) is 2.73. The van der Waals surface area contributed by atoms with Crippen molar-refractivity contribution in [2.75, 3.05) is 44.2 Å². The molecule has 30 heavy (non-hydrogen) atoms. The Kier molecular flexibility index (Phi) is 7.24. The van der Waals surface area contributed by atoms with Crippen molar-refractivity contribution < 1.29 is 9.53 Å². The molecule has 1 saturated heterocycles. The Balaban J connectivity index is 1.33. The maximum absolute atomic E-state index is 12.4. The van der Waals surface area contributed by atoms with Crippen LogP contribution in [0, 0.1) is 6.92 Å². The largest absolute Gasteiger partial charge is 0.494 e. The number of amides is 2. The molecule has 5 heteroatoms. The van der Waals surface area contributed by atoms with Crippen molar-refractivity contribution in [1.29, 1.82) is 0 Å².